The third-order valence-corrected chi connectivity index (χ3v) is 6.21. The molecular weight excluding hydrogens is 453 g/mol. The van der Waals surface area contributed by atoms with Gasteiger partial charge in [-0.1, -0.05) is 60.1 Å². The van der Waals surface area contributed by atoms with Gasteiger partial charge in [-0.2, -0.15) is 5.10 Å². The van der Waals surface area contributed by atoms with E-state index in [1.165, 1.54) is 12.1 Å². The van der Waals surface area contributed by atoms with Gasteiger partial charge in [0.2, 0.25) is 5.91 Å². The van der Waals surface area contributed by atoms with E-state index in [1.807, 2.05) is 54.6 Å². The van der Waals surface area contributed by atoms with Crippen LogP contribution in [-0.2, 0) is 17.9 Å². The molecule has 7 heteroatoms. The van der Waals surface area contributed by atoms with E-state index >= 15 is 0 Å². The summed E-state index contributed by atoms with van der Waals surface area (Å²) in [7, 11) is 0. The summed E-state index contributed by atoms with van der Waals surface area (Å²) in [6.45, 7) is 2.69. The van der Waals surface area contributed by atoms with Gasteiger partial charge in [0.25, 0.3) is 0 Å². The molecule has 34 heavy (non-hydrogen) atoms. The zero-order valence-electron chi connectivity index (χ0n) is 18.8. The van der Waals surface area contributed by atoms with E-state index < -0.39 is 0 Å². The first-order valence-corrected chi connectivity index (χ1v) is 11.7. The predicted octanol–water partition coefficient (Wildman–Crippen LogP) is 5.42. The molecule has 1 heterocycles. The van der Waals surface area contributed by atoms with E-state index in [1.54, 1.807) is 12.3 Å². The molecule has 0 saturated carbocycles. The average Bonchev–Trinajstić information content (AvgIpc) is 2.86. The molecule has 1 fully saturated rings. The number of rotatable bonds is 8. The van der Waals surface area contributed by atoms with E-state index in [4.69, 9.17) is 16.3 Å². The van der Waals surface area contributed by atoms with Gasteiger partial charge in [0.1, 0.15) is 18.2 Å². The molecule has 0 radical (unpaired) electrons. The Morgan fingerprint density at radius 3 is 2.65 bits per heavy atom. The Bertz CT molecular complexity index is 1130. The fourth-order valence-corrected chi connectivity index (χ4v) is 4.16. The van der Waals surface area contributed by atoms with Crippen LogP contribution in [0.15, 0.2) is 77.9 Å². The largest absolute Gasteiger partial charge is 0.489 e. The zero-order chi connectivity index (χ0) is 23.8. The molecular formula is C27H27ClFN3O2. The van der Waals surface area contributed by atoms with Gasteiger partial charge in [-0.05, 0) is 66.9 Å². The van der Waals surface area contributed by atoms with Crippen LogP contribution in [0.2, 0.25) is 5.02 Å². The topological polar surface area (TPSA) is 53.9 Å². The lowest BCUT2D eigenvalue weighted by Crippen LogP contribution is -2.39. The number of benzene rings is 3. The first-order chi connectivity index (χ1) is 16.6. The van der Waals surface area contributed by atoms with Crippen molar-refractivity contribution in [3.63, 3.8) is 0 Å². The molecule has 1 N–H and O–H groups in total. The van der Waals surface area contributed by atoms with E-state index in [0.29, 0.717) is 18.2 Å². The van der Waals surface area contributed by atoms with Gasteiger partial charge in [0, 0.05) is 17.5 Å². The predicted molar refractivity (Wildman–Crippen MR) is 132 cm³/mol. The number of piperidine rings is 1. The second-order valence-corrected chi connectivity index (χ2v) is 8.77. The monoisotopic (exact) mass is 479 g/mol. The summed E-state index contributed by atoms with van der Waals surface area (Å²) in [6, 6.07) is 22.0. The first-order valence-electron chi connectivity index (χ1n) is 11.3. The van der Waals surface area contributed by atoms with Crippen LogP contribution in [0.3, 0.4) is 0 Å². The molecule has 0 spiro atoms. The minimum absolute atomic E-state index is 0.0767. The molecule has 3 aromatic carbocycles. The Morgan fingerprint density at radius 2 is 1.88 bits per heavy atom. The van der Waals surface area contributed by atoms with Crippen LogP contribution in [0.4, 0.5) is 4.39 Å². The highest BCUT2D eigenvalue weighted by molar-refractivity contribution is 6.31. The average molecular weight is 480 g/mol. The van der Waals surface area contributed by atoms with Crippen molar-refractivity contribution in [3.05, 3.63) is 100 Å². The molecule has 1 aliphatic heterocycles. The summed E-state index contributed by atoms with van der Waals surface area (Å²) < 4.78 is 19.1. The van der Waals surface area contributed by atoms with Crippen molar-refractivity contribution >= 4 is 23.7 Å². The molecule has 0 bridgehead atoms. The minimum atomic E-state index is -0.337. The number of hydrogen-bond acceptors (Lipinski definition) is 4. The lowest BCUT2D eigenvalue weighted by atomic mass is 9.96. The van der Waals surface area contributed by atoms with Crippen molar-refractivity contribution in [2.75, 3.05) is 13.1 Å². The number of nitrogens with zero attached hydrogens (tertiary/aromatic N) is 2. The van der Waals surface area contributed by atoms with Crippen LogP contribution in [0.5, 0.6) is 5.75 Å². The van der Waals surface area contributed by atoms with Crippen LogP contribution in [0, 0.1) is 11.7 Å². The third kappa shape index (κ3) is 6.89. The Kier molecular flexibility index (Phi) is 8.28. The molecule has 0 aliphatic carbocycles. The standard InChI is InChI=1S/C27H27ClFN3O2/c28-26-16-24(29)10-9-23(26)18-32-13-11-22(12-14-32)27(33)31-30-17-21-7-4-8-25(15-21)34-19-20-5-2-1-3-6-20/h1-10,15-17,22H,11-14,18-19H2,(H,31,33)/b30-17-. The summed E-state index contributed by atoms with van der Waals surface area (Å²) >= 11 is 6.14. The molecule has 0 atom stereocenters. The number of likely N-dealkylation sites (tertiary alicyclic amines) is 1. The second kappa shape index (κ2) is 11.8. The normalized spacial score (nSPS) is 14.9. The van der Waals surface area contributed by atoms with Crippen molar-refractivity contribution in [3.8, 4) is 5.75 Å². The Morgan fingerprint density at radius 1 is 1.09 bits per heavy atom. The van der Waals surface area contributed by atoms with Crippen molar-refractivity contribution in [2.45, 2.75) is 26.0 Å². The molecule has 1 saturated heterocycles. The Balaban J connectivity index is 1.22. The van der Waals surface area contributed by atoms with Crippen LogP contribution in [0.25, 0.3) is 0 Å². The summed E-state index contributed by atoms with van der Waals surface area (Å²) in [4.78, 5) is 14.8. The smallest absolute Gasteiger partial charge is 0.243 e. The highest BCUT2D eigenvalue weighted by Crippen LogP contribution is 2.23. The highest BCUT2D eigenvalue weighted by Gasteiger charge is 2.25. The zero-order valence-corrected chi connectivity index (χ0v) is 19.5. The maximum atomic E-state index is 13.2. The van der Waals surface area contributed by atoms with Crippen LogP contribution in [-0.4, -0.2) is 30.1 Å². The molecule has 1 amide bonds. The molecule has 0 aromatic heterocycles. The SMILES string of the molecule is O=C(N/N=C\c1cccc(OCc2ccccc2)c1)C1CCN(Cc2ccc(F)cc2Cl)CC1. The third-order valence-electron chi connectivity index (χ3n) is 5.86. The van der Waals surface area contributed by atoms with Gasteiger partial charge in [-0.25, -0.2) is 9.82 Å². The molecule has 1 aliphatic rings. The number of halogens is 2. The van der Waals surface area contributed by atoms with Crippen LogP contribution in [0.1, 0.15) is 29.5 Å². The fourth-order valence-electron chi connectivity index (χ4n) is 3.93. The number of nitrogens with one attached hydrogen (secondary N) is 1. The first kappa shape index (κ1) is 23.9. The number of ether oxygens (including phenoxy) is 1. The maximum Gasteiger partial charge on any atom is 0.243 e. The Labute approximate surface area is 204 Å². The number of carbonyl (C=O) groups excluding carboxylic acids is 1. The number of hydrazone groups is 1. The fraction of sp³-hybridized carbons (Fsp3) is 0.259. The molecule has 5 nitrogen and oxygen atoms in total. The van der Waals surface area contributed by atoms with E-state index in [0.717, 1.165) is 48.4 Å². The minimum Gasteiger partial charge on any atom is -0.489 e. The second-order valence-electron chi connectivity index (χ2n) is 8.37. The lowest BCUT2D eigenvalue weighted by Gasteiger charge is -2.31. The van der Waals surface area contributed by atoms with Crippen LogP contribution < -0.4 is 10.2 Å². The molecule has 3 aromatic rings. The van der Waals surface area contributed by atoms with E-state index in [2.05, 4.69) is 15.4 Å². The molecule has 4 rings (SSSR count). The van der Waals surface area contributed by atoms with Gasteiger partial charge in [0.05, 0.1) is 6.21 Å². The lowest BCUT2D eigenvalue weighted by molar-refractivity contribution is -0.126. The number of hydrogen-bond donors (Lipinski definition) is 1. The quantitative estimate of drug-likeness (QED) is 0.346. The summed E-state index contributed by atoms with van der Waals surface area (Å²) in [5.41, 5.74) is 5.50. The molecule has 176 valence electrons. The van der Waals surface area contributed by atoms with E-state index in [9.17, 15) is 9.18 Å². The maximum absolute atomic E-state index is 13.2. The summed E-state index contributed by atoms with van der Waals surface area (Å²) in [5, 5.41) is 4.57. The Hall–Kier alpha value is -3.22. The van der Waals surface area contributed by atoms with Gasteiger partial charge in [-0.3, -0.25) is 9.69 Å². The van der Waals surface area contributed by atoms with Crippen molar-refractivity contribution < 1.29 is 13.9 Å². The van der Waals surface area contributed by atoms with Gasteiger partial charge in [0.15, 0.2) is 0 Å². The number of carbonyl (C=O) groups is 1. The summed E-state index contributed by atoms with van der Waals surface area (Å²) in [5.74, 6) is 0.244. The van der Waals surface area contributed by atoms with Crippen molar-refractivity contribution in [1.29, 1.82) is 0 Å². The summed E-state index contributed by atoms with van der Waals surface area (Å²) in [6.07, 6.45) is 3.10. The van der Waals surface area contributed by atoms with Gasteiger partial charge in [-0.15, -0.1) is 0 Å². The van der Waals surface area contributed by atoms with Gasteiger partial charge < -0.3 is 4.74 Å². The van der Waals surface area contributed by atoms with Crippen LogP contribution >= 0.6 is 11.6 Å². The van der Waals surface area contributed by atoms with Crippen molar-refractivity contribution in [2.24, 2.45) is 11.0 Å². The van der Waals surface area contributed by atoms with Crippen molar-refractivity contribution in [1.82, 2.24) is 10.3 Å². The van der Waals surface area contributed by atoms with E-state index in [-0.39, 0.29) is 17.6 Å². The van der Waals surface area contributed by atoms with Gasteiger partial charge >= 0.3 is 0 Å². The highest BCUT2D eigenvalue weighted by atomic mass is 35.5. The molecule has 0 unspecified atom stereocenters. The number of amides is 1.